The van der Waals surface area contributed by atoms with Gasteiger partial charge in [0.05, 0.1) is 7.11 Å². The zero-order valence-electron chi connectivity index (χ0n) is 11.5. The van der Waals surface area contributed by atoms with Gasteiger partial charge < -0.3 is 15.3 Å². The molecule has 0 spiro atoms. The van der Waals surface area contributed by atoms with Gasteiger partial charge in [0.25, 0.3) is 0 Å². The first-order valence-electron chi connectivity index (χ1n) is 5.78. The predicted molar refractivity (Wildman–Crippen MR) is 73.4 cm³/mol. The first-order chi connectivity index (χ1) is 8.22. The van der Waals surface area contributed by atoms with Crippen LogP contribution >= 0.6 is 0 Å². The molecule has 0 aromatic carbocycles. The normalized spacial score (nSPS) is 8.12. The Morgan fingerprint density at radius 2 is 2.06 bits per heavy atom. The number of hydrogen-bond acceptors (Lipinski definition) is 4. The lowest BCUT2D eigenvalue weighted by Crippen LogP contribution is -1.95. The average Bonchev–Trinajstić information content (AvgIpc) is 2.41. The Morgan fingerprint density at radius 1 is 1.47 bits per heavy atom. The highest BCUT2D eigenvalue weighted by molar-refractivity contribution is 5.75. The second-order valence-corrected chi connectivity index (χ2v) is 2.91. The molecule has 0 bridgehead atoms. The minimum Gasteiger partial charge on any atom is -0.481 e. The van der Waals surface area contributed by atoms with E-state index in [0.717, 1.165) is 12.0 Å². The summed E-state index contributed by atoms with van der Waals surface area (Å²) in [5.41, 5.74) is 5.59. The third-order valence-electron chi connectivity index (χ3n) is 1.77. The maximum absolute atomic E-state index is 10.7. The van der Waals surface area contributed by atoms with Gasteiger partial charge in [-0.15, -0.1) is 0 Å². The lowest BCUT2D eigenvalue weighted by atomic mass is 10.1. The van der Waals surface area contributed by atoms with Gasteiger partial charge in [0.1, 0.15) is 5.78 Å². The minimum absolute atomic E-state index is 0. The molecule has 17 heavy (non-hydrogen) atoms. The smallest absolute Gasteiger partial charge is 0.213 e. The van der Waals surface area contributed by atoms with Crippen molar-refractivity contribution in [2.24, 2.45) is 5.73 Å². The van der Waals surface area contributed by atoms with Crippen LogP contribution in [-0.4, -0.2) is 24.9 Å². The molecule has 100 valence electrons. The Bertz CT molecular complexity index is 307. The van der Waals surface area contributed by atoms with Gasteiger partial charge in [0, 0.05) is 20.1 Å². The number of carbonyl (C=O) groups excluding carboxylic acids is 1. The fraction of sp³-hybridized carbons (Fsp3) is 0.538. The zero-order chi connectivity index (χ0) is 13.7. The van der Waals surface area contributed by atoms with Crippen molar-refractivity contribution in [1.29, 1.82) is 0 Å². The van der Waals surface area contributed by atoms with Crippen molar-refractivity contribution in [1.82, 2.24) is 4.98 Å². The van der Waals surface area contributed by atoms with Crippen molar-refractivity contribution in [3.05, 3.63) is 23.9 Å². The van der Waals surface area contributed by atoms with Crippen molar-refractivity contribution >= 4 is 5.78 Å². The molecule has 0 unspecified atom stereocenters. The summed E-state index contributed by atoms with van der Waals surface area (Å²) in [6.07, 6.45) is 3.02. The molecule has 0 aliphatic heterocycles. The average molecular weight is 242 g/mol. The number of ketones is 1. The van der Waals surface area contributed by atoms with Gasteiger partial charge in [-0.3, -0.25) is 0 Å². The Kier molecular flexibility index (Phi) is 13.4. The molecule has 0 fully saturated rings. The molecule has 1 aromatic rings. The molecule has 0 aliphatic carbocycles. The summed E-state index contributed by atoms with van der Waals surface area (Å²) in [5.74, 6) is 0.803. The number of rotatable bonds is 4. The van der Waals surface area contributed by atoms with Crippen molar-refractivity contribution in [3.8, 4) is 5.88 Å². The van der Waals surface area contributed by atoms with Crippen molar-refractivity contribution in [2.45, 2.75) is 33.6 Å². The number of nitrogens with two attached hydrogens (primary N) is 1. The Morgan fingerprint density at radius 3 is 2.53 bits per heavy atom. The van der Waals surface area contributed by atoms with E-state index in [9.17, 15) is 4.79 Å². The molecule has 0 saturated carbocycles. The lowest BCUT2D eigenvalue weighted by Gasteiger charge is -2.01. The number of nitrogens with zero attached hydrogens (tertiary/aromatic N) is 1. The van der Waals surface area contributed by atoms with E-state index in [1.54, 1.807) is 20.2 Å². The van der Waals surface area contributed by atoms with Gasteiger partial charge in [-0.2, -0.15) is 0 Å². The molecule has 0 amide bonds. The van der Waals surface area contributed by atoms with Gasteiger partial charge >= 0.3 is 0 Å². The van der Waals surface area contributed by atoms with E-state index in [2.05, 4.69) is 10.7 Å². The third-order valence-corrected chi connectivity index (χ3v) is 1.77. The summed E-state index contributed by atoms with van der Waals surface area (Å²) >= 11 is 0. The number of Topliss-reactive ketones (excluding diaryl/α,β-unsaturated/α-hetero) is 1. The van der Waals surface area contributed by atoms with Crippen LogP contribution in [0, 0.1) is 0 Å². The second kappa shape index (κ2) is 12.6. The number of ether oxygens (including phenoxy) is 1. The molecule has 2 N–H and O–H groups in total. The van der Waals surface area contributed by atoms with Crippen LogP contribution in [0.25, 0.3) is 0 Å². The summed E-state index contributed by atoms with van der Waals surface area (Å²) in [7, 11) is 3.08. The van der Waals surface area contributed by atoms with Crippen LogP contribution in [0.3, 0.4) is 0 Å². The van der Waals surface area contributed by atoms with Crippen molar-refractivity contribution < 1.29 is 11.0 Å². The first kappa shape index (κ1) is 18.0. The summed E-state index contributed by atoms with van der Waals surface area (Å²) in [4.78, 5) is 14.7. The topological polar surface area (TPSA) is 65.2 Å². The highest BCUT2D eigenvalue weighted by Gasteiger charge is 1.98. The van der Waals surface area contributed by atoms with E-state index in [0.29, 0.717) is 12.3 Å². The van der Waals surface area contributed by atoms with E-state index >= 15 is 0 Å². The van der Waals surface area contributed by atoms with Crippen molar-refractivity contribution in [2.75, 3.05) is 14.2 Å². The second-order valence-electron chi connectivity index (χ2n) is 2.91. The molecule has 0 radical (unpaired) electrons. The van der Waals surface area contributed by atoms with Gasteiger partial charge in [0.2, 0.25) is 5.88 Å². The zero-order valence-corrected chi connectivity index (χ0v) is 11.5. The Labute approximate surface area is 106 Å². The van der Waals surface area contributed by atoms with E-state index in [4.69, 9.17) is 4.74 Å². The Balaban J connectivity index is -0.000000409. The number of pyridine rings is 1. The maximum atomic E-state index is 10.7. The minimum atomic E-state index is 0. The van der Waals surface area contributed by atoms with E-state index < -0.39 is 0 Å². The summed E-state index contributed by atoms with van der Waals surface area (Å²) in [5, 5.41) is 0. The predicted octanol–water partition coefficient (Wildman–Crippen LogP) is 2.46. The highest BCUT2D eigenvalue weighted by atomic mass is 16.5. The van der Waals surface area contributed by atoms with Gasteiger partial charge in [-0.25, -0.2) is 4.98 Å². The highest BCUT2D eigenvalue weighted by Crippen LogP contribution is 2.10. The van der Waals surface area contributed by atoms with Crippen LogP contribution in [0.2, 0.25) is 0 Å². The largest absolute Gasteiger partial charge is 0.481 e. The summed E-state index contributed by atoms with van der Waals surface area (Å²) in [6.45, 7) is 5.60. The molecule has 0 saturated heterocycles. The quantitative estimate of drug-likeness (QED) is 0.880. The molecule has 1 aromatic heterocycles. The maximum Gasteiger partial charge on any atom is 0.213 e. The fourth-order valence-electron chi connectivity index (χ4n) is 1.04. The molecule has 0 aliphatic rings. The van der Waals surface area contributed by atoms with E-state index in [1.807, 2.05) is 26.0 Å². The third kappa shape index (κ3) is 9.51. The number of carbonyl (C=O) groups is 1. The van der Waals surface area contributed by atoms with Gasteiger partial charge in [0.15, 0.2) is 0 Å². The molecular weight excluding hydrogens is 216 g/mol. The van der Waals surface area contributed by atoms with Crippen molar-refractivity contribution in [3.63, 3.8) is 0 Å². The Hall–Kier alpha value is -1.42. The molecule has 4 nitrogen and oxygen atoms in total. The van der Waals surface area contributed by atoms with Crippen LogP contribution in [-0.2, 0) is 11.2 Å². The van der Waals surface area contributed by atoms with Gasteiger partial charge in [-0.05, 0) is 32.0 Å². The van der Waals surface area contributed by atoms with Crippen LogP contribution in [0.15, 0.2) is 18.3 Å². The lowest BCUT2D eigenvalue weighted by molar-refractivity contribution is -0.116. The van der Waals surface area contributed by atoms with E-state index in [-0.39, 0.29) is 7.21 Å². The van der Waals surface area contributed by atoms with Crippen LogP contribution < -0.4 is 10.5 Å². The first-order valence-corrected chi connectivity index (χ1v) is 5.78. The fourth-order valence-corrected chi connectivity index (χ4v) is 1.04. The summed E-state index contributed by atoms with van der Waals surface area (Å²) < 4.78 is 4.97. The SMILES string of the molecule is CC.CN.COc1cc(CCC(C)=O)ccn1.[HH]. The van der Waals surface area contributed by atoms with Crippen LogP contribution in [0.1, 0.15) is 34.2 Å². The number of methoxy groups -OCH3 is 1. The summed E-state index contributed by atoms with van der Waals surface area (Å²) in [6, 6.07) is 3.74. The number of aromatic nitrogens is 1. The van der Waals surface area contributed by atoms with E-state index in [1.165, 1.54) is 7.05 Å². The molecule has 1 rings (SSSR count). The molecular formula is C13H26N2O2. The van der Waals surface area contributed by atoms with Crippen LogP contribution in [0.5, 0.6) is 5.88 Å². The molecule has 0 atom stereocenters. The number of aryl methyl sites for hydroxylation is 1. The number of hydrogen-bond donors (Lipinski definition) is 1. The molecule has 1 heterocycles. The molecule has 4 heteroatoms. The standard InChI is InChI=1S/C10H13NO2.C2H6.CH5N.H2/c1-8(12)3-4-9-5-6-11-10(7-9)13-2;2*1-2;/h5-7H,3-4H2,1-2H3;1-2H3;2H2,1H3;1H. The monoisotopic (exact) mass is 242 g/mol. The van der Waals surface area contributed by atoms with Gasteiger partial charge in [-0.1, -0.05) is 13.8 Å². The van der Waals surface area contributed by atoms with Crippen LogP contribution in [0.4, 0.5) is 0 Å².